The Morgan fingerprint density at radius 3 is 2.71 bits per heavy atom. The molecule has 2 fully saturated rings. The van der Waals surface area contributed by atoms with Crippen molar-refractivity contribution in [2.24, 2.45) is 0 Å². The van der Waals surface area contributed by atoms with Crippen molar-refractivity contribution in [3.8, 4) is 17.4 Å². The molecule has 2 saturated heterocycles. The van der Waals surface area contributed by atoms with Crippen LogP contribution < -0.4 is 14.8 Å². The summed E-state index contributed by atoms with van der Waals surface area (Å²) in [4.78, 5) is 31.9. The Hall–Kier alpha value is -5.06. The first-order valence-corrected chi connectivity index (χ1v) is 13.6. The maximum Gasteiger partial charge on any atom is 0.246 e. The molecule has 11 heteroatoms. The first kappa shape index (κ1) is 24.9. The Morgan fingerprint density at radius 1 is 1.05 bits per heavy atom. The van der Waals surface area contributed by atoms with Gasteiger partial charge >= 0.3 is 0 Å². The highest BCUT2D eigenvalue weighted by Crippen LogP contribution is 2.38. The first-order chi connectivity index (χ1) is 20.0. The highest BCUT2D eigenvalue weighted by Gasteiger charge is 2.43. The third kappa shape index (κ3) is 4.79. The summed E-state index contributed by atoms with van der Waals surface area (Å²) in [6, 6.07) is 11.8. The number of hydrogen-bond acceptors (Lipinski definition) is 9. The van der Waals surface area contributed by atoms with Gasteiger partial charge in [0.15, 0.2) is 5.65 Å². The van der Waals surface area contributed by atoms with Gasteiger partial charge in [-0.05, 0) is 55.7 Å². The molecule has 2 bridgehead atoms. The van der Waals surface area contributed by atoms with E-state index in [9.17, 15) is 4.79 Å². The molecule has 6 heterocycles. The lowest BCUT2D eigenvalue weighted by molar-refractivity contribution is -0.131. The number of ether oxygens (including phenoxy) is 2. The van der Waals surface area contributed by atoms with Crippen molar-refractivity contribution in [1.29, 1.82) is 0 Å². The SMILES string of the molecule is C=CC(=O)N1[C@@H]2CC[C@H]1CC(Oc1cc3c(Nc4ccc(Oc5ccn6ncnc6c5)c(C)c4)ncnc3cn1)C2. The molecule has 1 aromatic carbocycles. The fraction of sp³-hybridized carbons (Fsp3) is 0.267. The second-order valence-corrected chi connectivity index (χ2v) is 10.4. The van der Waals surface area contributed by atoms with E-state index in [-0.39, 0.29) is 24.1 Å². The Bertz CT molecular complexity index is 1770. The standard InChI is InChI=1S/C30H28N8O3/c1-3-29(39)38-20-5-6-21(38)12-23(11-20)41-28-14-24-25(15-31-28)32-16-34-30(24)36-19-4-7-26(18(2)10-19)40-22-8-9-37-27(13-22)33-17-35-37/h3-4,7-10,13-17,20-21,23H,1,5-6,11-12H2,2H3,(H,32,34,36)/t20-,21+,23?. The monoisotopic (exact) mass is 548 g/mol. The number of pyridine rings is 2. The van der Waals surface area contributed by atoms with Crippen LogP contribution in [0.3, 0.4) is 0 Å². The van der Waals surface area contributed by atoms with E-state index in [0.29, 0.717) is 28.6 Å². The van der Waals surface area contributed by atoms with E-state index < -0.39 is 0 Å². The first-order valence-electron chi connectivity index (χ1n) is 13.6. The molecule has 5 aromatic rings. The largest absolute Gasteiger partial charge is 0.474 e. The number of piperidine rings is 1. The van der Waals surface area contributed by atoms with Crippen molar-refractivity contribution in [2.45, 2.75) is 50.8 Å². The van der Waals surface area contributed by atoms with E-state index in [4.69, 9.17) is 9.47 Å². The van der Waals surface area contributed by atoms with Crippen molar-refractivity contribution in [3.05, 3.63) is 79.7 Å². The smallest absolute Gasteiger partial charge is 0.246 e. The molecular weight excluding hydrogens is 520 g/mol. The van der Waals surface area contributed by atoms with E-state index in [0.717, 1.165) is 48.1 Å². The van der Waals surface area contributed by atoms with Gasteiger partial charge < -0.3 is 19.7 Å². The van der Waals surface area contributed by atoms with Crippen LogP contribution >= 0.6 is 0 Å². The number of amides is 1. The van der Waals surface area contributed by atoms with E-state index in [1.165, 1.54) is 18.7 Å². The zero-order valence-electron chi connectivity index (χ0n) is 22.5. The van der Waals surface area contributed by atoms with E-state index >= 15 is 0 Å². The van der Waals surface area contributed by atoms with Gasteiger partial charge in [-0.2, -0.15) is 5.10 Å². The summed E-state index contributed by atoms with van der Waals surface area (Å²) in [6.07, 6.45) is 11.5. The molecule has 0 radical (unpaired) electrons. The summed E-state index contributed by atoms with van der Waals surface area (Å²) in [5.41, 5.74) is 3.24. The number of nitrogens with one attached hydrogen (secondary N) is 1. The molecule has 3 atom stereocenters. The Balaban J connectivity index is 1.08. The molecule has 7 rings (SSSR count). The summed E-state index contributed by atoms with van der Waals surface area (Å²) < 4.78 is 14.1. The van der Waals surface area contributed by atoms with Crippen molar-refractivity contribution in [1.82, 2.24) is 34.4 Å². The molecule has 0 spiro atoms. The van der Waals surface area contributed by atoms with E-state index in [2.05, 4.69) is 36.9 Å². The van der Waals surface area contributed by atoms with Crippen LogP contribution in [0.25, 0.3) is 16.6 Å². The molecule has 206 valence electrons. The van der Waals surface area contributed by atoms with Crippen LogP contribution in [-0.2, 0) is 4.79 Å². The molecule has 1 amide bonds. The fourth-order valence-electron chi connectivity index (χ4n) is 5.93. The minimum atomic E-state index is -0.00647. The summed E-state index contributed by atoms with van der Waals surface area (Å²) in [6.45, 7) is 5.65. The lowest BCUT2D eigenvalue weighted by Gasteiger charge is -2.38. The molecule has 1 N–H and O–H groups in total. The van der Waals surface area contributed by atoms with Crippen LogP contribution in [0.1, 0.15) is 31.2 Å². The predicted molar refractivity (Wildman–Crippen MR) is 152 cm³/mol. The highest BCUT2D eigenvalue weighted by molar-refractivity contribution is 5.91. The quantitative estimate of drug-likeness (QED) is 0.280. The van der Waals surface area contributed by atoms with Crippen LogP contribution in [0, 0.1) is 6.92 Å². The topological polar surface area (TPSA) is 120 Å². The predicted octanol–water partition coefficient (Wildman–Crippen LogP) is 5.00. The van der Waals surface area contributed by atoms with E-state index in [1.807, 2.05) is 54.4 Å². The van der Waals surface area contributed by atoms with Crippen LogP contribution in [0.15, 0.2) is 74.1 Å². The zero-order chi connectivity index (χ0) is 27.9. The van der Waals surface area contributed by atoms with Gasteiger partial charge in [0.05, 0.1) is 11.7 Å². The number of benzene rings is 1. The van der Waals surface area contributed by atoms with Crippen molar-refractivity contribution >= 4 is 34.0 Å². The lowest BCUT2D eigenvalue weighted by Crippen LogP contribution is -2.48. The lowest BCUT2D eigenvalue weighted by atomic mass is 9.99. The maximum absolute atomic E-state index is 12.3. The molecule has 2 aliphatic heterocycles. The second-order valence-electron chi connectivity index (χ2n) is 10.4. The summed E-state index contributed by atoms with van der Waals surface area (Å²) >= 11 is 0. The number of aromatic nitrogens is 6. The Labute approximate surface area is 235 Å². The third-order valence-electron chi connectivity index (χ3n) is 7.82. The Kier molecular flexibility index (Phi) is 6.18. The fourth-order valence-corrected chi connectivity index (χ4v) is 5.93. The summed E-state index contributed by atoms with van der Waals surface area (Å²) in [7, 11) is 0. The minimum Gasteiger partial charge on any atom is -0.474 e. The molecule has 2 aliphatic rings. The summed E-state index contributed by atoms with van der Waals surface area (Å²) in [5.74, 6) is 2.60. The van der Waals surface area contributed by atoms with Gasteiger partial charge in [-0.1, -0.05) is 6.58 Å². The van der Waals surface area contributed by atoms with Gasteiger partial charge in [-0.3, -0.25) is 4.79 Å². The number of rotatable bonds is 7. The molecule has 11 nitrogen and oxygen atoms in total. The summed E-state index contributed by atoms with van der Waals surface area (Å²) in [5, 5.41) is 8.33. The Morgan fingerprint density at radius 2 is 1.90 bits per heavy atom. The van der Waals surface area contributed by atoms with Gasteiger partial charge in [0.25, 0.3) is 0 Å². The molecule has 0 aliphatic carbocycles. The molecule has 4 aromatic heterocycles. The average Bonchev–Trinajstić information content (AvgIpc) is 3.55. The van der Waals surface area contributed by atoms with Crippen LogP contribution in [0.5, 0.6) is 17.4 Å². The van der Waals surface area contributed by atoms with Gasteiger partial charge in [0.1, 0.15) is 36.1 Å². The average molecular weight is 549 g/mol. The van der Waals surface area contributed by atoms with Gasteiger partial charge in [-0.15, -0.1) is 0 Å². The normalized spacial score (nSPS) is 19.8. The molecule has 41 heavy (non-hydrogen) atoms. The molecule has 0 saturated carbocycles. The zero-order valence-corrected chi connectivity index (χ0v) is 22.5. The van der Waals surface area contributed by atoms with Crippen molar-refractivity contribution in [3.63, 3.8) is 0 Å². The van der Waals surface area contributed by atoms with E-state index in [1.54, 1.807) is 10.7 Å². The van der Waals surface area contributed by atoms with Gasteiger partial charge in [0, 0.05) is 54.3 Å². The molecular formula is C30H28N8O3. The number of nitrogens with zero attached hydrogens (tertiary/aromatic N) is 7. The van der Waals surface area contributed by atoms with Crippen LogP contribution in [0.4, 0.5) is 11.5 Å². The van der Waals surface area contributed by atoms with Crippen LogP contribution in [-0.4, -0.2) is 58.5 Å². The highest BCUT2D eigenvalue weighted by atomic mass is 16.5. The number of aryl methyl sites for hydroxylation is 1. The van der Waals surface area contributed by atoms with Gasteiger partial charge in [-0.25, -0.2) is 24.5 Å². The number of fused-ring (bicyclic) bond motifs is 4. The maximum atomic E-state index is 12.3. The number of hydrogen-bond donors (Lipinski definition) is 1. The van der Waals surface area contributed by atoms with Gasteiger partial charge in [0.2, 0.25) is 11.8 Å². The minimum absolute atomic E-state index is 0.00647. The van der Waals surface area contributed by atoms with Crippen molar-refractivity contribution in [2.75, 3.05) is 5.32 Å². The third-order valence-corrected chi connectivity index (χ3v) is 7.82. The van der Waals surface area contributed by atoms with Crippen molar-refractivity contribution < 1.29 is 14.3 Å². The number of anilines is 2. The van der Waals surface area contributed by atoms with Crippen LogP contribution in [0.2, 0.25) is 0 Å². The number of carbonyl (C=O) groups excluding carboxylic acids is 1. The second kappa shape index (κ2) is 10.2. The molecule has 1 unspecified atom stereocenters. The number of carbonyl (C=O) groups is 1.